The molecule has 1 aromatic rings. The van der Waals surface area contributed by atoms with Gasteiger partial charge in [0.1, 0.15) is 10.6 Å². The zero-order valence-electron chi connectivity index (χ0n) is 10.3. The molecule has 0 aliphatic rings. The largest absolute Gasteiger partial charge is 0.495 e. The normalized spacial score (nSPS) is 10.2. The topological polar surface area (TPSA) is 125 Å². The van der Waals surface area contributed by atoms with Crippen LogP contribution in [-0.4, -0.2) is 33.7 Å². The average molecular weight is 308 g/mol. The standard InChI is InChI=1S/C10H13N3O4S.ClH/c1-17-7-4-3-6(9(14)13-10(11)12)5-8(7)18(2,15)16;/h3-5H,1-2H3,(H4,11,12,13,14);1H. The predicted molar refractivity (Wildman–Crippen MR) is 73.5 cm³/mol. The lowest BCUT2D eigenvalue weighted by molar-refractivity contribution is 0.100. The maximum absolute atomic E-state index is 11.6. The summed E-state index contributed by atoms with van der Waals surface area (Å²) in [5.74, 6) is -0.960. The molecular formula is C10H14ClN3O4S. The molecule has 0 saturated carbocycles. The number of amides is 1. The van der Waals surface area contributed by atoms with Crippen molar-refractivity contribution in [3.63, 3.8) is 0 Å². The van der Waals surface area contributed by atoms with Crippen LogP contribution in [0.15, 0.2) is 28.1 Å². The predicted octanol–water partition coefficient (Wildman–Crippen LogP) is -0.0659. The number of carbonyl (C=O) groups excluding carboxylic acids is 1. The van der Waals surface area contributed by atoms with Gasteiger partial charge in [0.2, 0.25) is 0 Å². The summed E-state index contributed by atoms with van der Waals surface area (Å²) in [6.45, 7) is 0. The summed E-state index contributed by atoms with van der Waals surface area (Å²) in [5, 5.41) is 0. The van der Waals surface area contributed by atoms with Gasteiger partial charge in [-0.05, 0) is 18.2 Å². The second kappa shape index (κ2) is 6.39. The maximum Gasteiger partial charge on any atom is 0.280 e. The number of hydrogen-bond acceptors (Lipinski definition) is 4. The zero-order chi connectivity index (χ0) is 13.9. The molecule has 0 unspecified atom stereocenters. The van der Waals surface area contributed by atoms with Crippen molar-refractivity contribution in [3.05, 3.63) is 23.8 Å². The Kier molecular flexibility index (Phi) is 5.79. The van der Waals surface area contributed by atoms with Crippen LogP contribution in [0.25, 0.3) is 0 Å². The van der Waals surface area contributed by atoms with E-state index < -0.39 is 21.7 Å². The van der Waals surface area contributed by atoms with Crippen molar-refractivity contribution in [2.24, 2.45) is 16.5 Å². The number of aliphatic imine (C=N–C) groups is 1. The number of benzene rings is 1. The van der Waals surface area contributed by atoms with Gasteiger partial charge in [0.15, 0.2) is 15.8 Å². The van der Waals surface area contributed by atoms with E-state index in [9.17, 15) is 13.2 Å². The SMILES string of the molecule is COc1ccc(C(=O)N=C(N)N)cc1S(C)(=O)=O.Cl. The van der Waals surface area contributed by atoms with Crippen LogP contribution in [0.3, 0.4) is 0 Å². The first-order chi connectivity index (χ1) is 8.25. The number of ether oxygens (including phenoxy) is 1. The van der Waals surface area contributed by atoms with E-state index in [1.54, 1.807) is 0 Å². The molecule has 0 atom stereocenters. The lowest BCUT2D eigenvalue weighted by Gasteiger charge is -2.07. The number of rotatable bonds is 3. The third-order valence-electron chi connectivity index (χ3n) is 2.04. The molecule has 0 saturated heterocycles. The van der Waals surface area contributed by atoms with Gasteiger partial charge in [0, 0.05) is 11.8 Å². The van der Waals surface area contributed by atoms with Crippen LogP contribution in [0.1, 0.15) is 10.4 Å². The minimum absolute atomic E-state index is 0. The Morgan fingerprint density at radius 2 is 1.89 bits per heavy atom. The molecule has 0 heterocycles. The van der Waals surface area contributed by atoms with Gasteiger partial charge in [-0.15, -0.1) is 12.4 Å². The Morgan fingerprint density at radius 1 is 1.32 bits per heavy atom. The molecule has 0 radical (unpaired) electrons. The molecule has 0 aromatic heterocycles. The summed E-state index contributed by atoms with van der Waals surface area (Å²) in [6, 6.07) is 3.91. The summed E-state index contributed by atoms with van der Waals surface area (Å²) >= 11 is 0. The number of nitrogens with two attached hydrogens (primary N) is 2. The fraction of sp³-hybridized carbons (Fsp3) is 0.200. The number of methoxy groups -OCH3 is 1. The van der Waals surface area contributed by atoms with Gasteiger partial charge < -0.3 is 16.2 Å². The van der Waals surface area contributed by atoms with Gasteiger partial charge in [-0.1, -0.05) is 0 Å². The van der Waals surface area contributed by atoms with Gasteiger partial charge >= 0.3 is 0 Å². The second-order valence-corrected chi connectivity index (χ2v) is 5.46. The molecule has 0 fully saturated rings. The molecule has 1 amide bonds. The summed E-state index contributed by atoms with van der Waals surface area (Å²) in [6.07, 6.45) is 1.01. The average Bonchev–Trinajstić information content (AvgIpc) is 2.26. The van der Waals surface area contributed by atoms with Crippen molar-refractivity contribution in [1.29, 1.82) is 0 Å². The lowest BCUT2D eigenvalue weighted by Crippen LogP contribution is -2.24. The highest BCUT2D eigenvalue weighted by Gasteiger charge is 2.17. The van der Waals surface area contributed by atoms with Crippen LogP contribution < -0.4 is 16.2 Å². The third-order valence-corrected chi connectivity index (χ3v) is 3.16. The highest BCUT2D eigenvalue weighted by Crippen LogP contribution is 2.25. The van der Waals surface area contributed by atoms with E-state index in [1.807, 2.05) is 0 Å². The van der Waals surface area contributed by atoms with Gasteiger partial charge in [-0.25, -0.2) is 8.42 Å². The molecule has 4 N–H and O–H groups in total. The first-order valence-electron chi connectivity index (χ1n) is 4.77. The highest BCUT2D eigenvalue weighted by molar-refractivity contribution is 7.90. The first kappa shape index (κ1) is 17.2. The fourth-order valence-electron chi connectivity index (χ4n) is 1.28. The molecule has 1 rings (SSSR count). The molecule has 0 bridgehead atoms. The van der Waals surface area contributed by atoms with Crippen molar-refractivity contribution in [3.8, 4) is 5.75 Å². The second-order valence-electron chi connectivity index (χ2n) is 3.48. The molecule has 0 aliphatic heterocycles. The first-order valence-corrected chi connectivity index (χ1v) is 6.67. The van der Waals surface area contributed by atoms with Crippen molar-refractivity contribution in [2.75, 3.05) is 13.4 Å². The Balaban J connectivity index is 0.00000324. The Morgan fingerprint density at radius 3 is 2.32 bits per heavy atom. The number of hydrogen-bond donors (Lipinski definition) is 2. The van der Waals surface area contributed by atoms with E-state index >= 15 is 0 Å². The molecule has 0 aliphatic carbocycles. The molecule has 1 aromatic carbocycles. The number of halogens is 1. The number of guanidine groups is 1. The number of nitrogens with zero attached hydrogens (tertiary/aromatic N) is 1. The van der Waals surface area contributed by atoms with E-state index in [4.69, 9.17) is 16.2 Å². The quantitative estimate of drug-likeness (QED) is 0.595. The molecule has 19 heavy (non-hydrogen) atoms. The van der Waals surface area contributed by atoms with E-state index in [2.05, 4.69) is 4.99 Å². The van der Waals surface area contributed by atoms with Crippen molar-refractivity contribution in [2.45, 2.75) is 4.90 Å². The van der Waals surface area contributed by atoms with Crippen LogP contribution in [0.4, 0.5) is 0 Å². The van der Waals surface area contributed by atoms with Crippen LogP contribution in [0.5, 0.6) is 5.75 Å². The smallest absolute Gasteiger partial charge is 0.280 e. The van der Waals surface area contributed by atoms with Gasteiger partial charge in [-0.3, -0.25) is 4.79 Å². The minimum Gasteiger partial charge on any atom is -0.495 e. The van der Waals surface area contributed by atoms with Crippen LogP contribution in [0, 0.1) is 0 Å². The maximum atomic E-state index is 11.6. The van der Waals surface area contributed by atoms with Crippen LogP contribution in [0.2, 0.25) is 0 Å². The molecular weight excluding hydrogens is 294 g/mol. The Bertz CT molecular complexity index is 609. The summed E-state index contributed by atoms with van der Waals surface area (Å²) in [5.41, 5.74) is 10.2. The monoisotopic (exact) mass is 307 g/mol. The van der Waals surface area contributed by atoms with Crippen molar-refractivity contribution in [1.82, 2.24) is 0 Å². The minimum atomic E-state index is -3.52. The zero-order valence-corrected chi connectivity index (χ0v) is 11.9. The molecule has 0 spiro atoms. The lowest BCUT2D eigenvalue weighted by atomic mass is 10.2. The fourth-order valence-corrected chi connectivity index (χ4v) is 2.14. The third kappa shape index (κ3) is 4.42. The van der Waals surface area contributed by atoms with Gasteiger partial charge in [-0.2, -0.15) is 4.99 Å². The van der Waals surface area contributed by atoms with Crippen LogP contribution >= 0.6 is 12.4 Å². The molecule has 7 nitrogen and oxygen atoms in total. The van der Waals surface area contributed by atoms with Crippen molar-refractivity contribution < 1.29 is 17.9 Å². The number of sulfone groups is 1. The highest BCUT2D eigenvalue weighted by atomic mass is 35.5. The van der Waals surface area contributed by atoms with Gasteiger partial charge in [0.05, 0.1) is 7.11 Å². The Labute approximate surface area is 117 Å². The summed E-state index contributed by atoms with van der Waals surface area (Å²) < 4.78 is 28.0. The van der Waals surface area contributed by atoms with Crippen molar-refractivity contribution >= 4 is 34.1 Å². The van der Waals surface area contributed by atoms with E-state index in [0.29, 0.717) is 0 Å². The summed E-state index contributed by atoms with van der Waals surface area (Å²) in [4.78, 5) is 14.8. The van der Waals surface area contributed by atoms with Crippen LogP contribution in [-0.2, 0) is 9.84 Å². The molecule has 9 heteroatoms. The summed E-state index contributed by atoms with van der Waals surface area (Å²) in [7, 11) is -2.18. The van der Waals surface area contributed by atoms with E-state index in [-0.39, 0.29) is 28.6 Å². The van der Waals surface area contributed by atoms with E-state index in [1.165, 1.54) is 25.3 Å². The Hall–Kier alpha value is -1.80. The van der Waals surface area contributed by atoms with E-state index in [0.717, 1.165) is 6.26 Å². The van der Waals surface area contributed by atoms with Gasteiger partial charge in [0.25, 0.3) is 5.91 Å². The molecule has 106 valence electrons. The number of carbonyl (C=O) groups is 1.